The van der Waals surface area contributed by atoms with Crippen LogP contribution in [0.3, 0.4) is 0 Å². The third kappa shape index (κ3) is 3.81. The second-order valence-corrected chi connectivity index (χ2v) is 7.07. The zero-order valence-electron chi connectivity index (χ0n) is 11.2. The number of hydrogen-bond donors (Lipinski definition) is 1. The standard InChI is InChI=1S/C12H18N2O4S/c1-12(2,3)18-11-9(17-8-4-5-8)6-14-7-10(11)19(13,15)16/h6-8H,4-5H2,1-3H3,(H2,13,15,16). The largest absolute Gasteiger partial charge is 0.485 e. The van der Waals surface area contributed by atoms with E-state index in [0.717, 1.165) is 12.8 Å². The zero-order chi connectivity index (χ0) is 14.3. The molecule has 106 valence electrons. The van der Waals surface area contributed by atoms with E-state index >= 15 is 0 Å². The lowest BCUT2D eigenvalue weighted by Gasteiger charge is -2.24. The van der Waals surface area contributed by atoms with Crippen molar-refractivity contribution in [3.63, 3.8) is 0 Å². The number of primary sulfonamides is 1. The second kappa shape index (κ2) is 4.64. The van der Waals surface area contributed by atoms with Gasteiger partial charge in [-0.15, -0.1) is 0 Å². The van der Waals surface area contributed by atoms with E-state index in [-0.39, 0.29) is 16.7 Å². The molecule has 19 heavy (non-hydrogen) atoms. The van der Waals surface area contributed by atoms with Crippen LogP contribution in [0.15, 0.2) is 17.3 Å². The maximum absolute atomic E-state index is 11.6. The lowest BCUT2D eigenvalue weighted by atomic mass is 10.2. The van der Waals surface area contributed by atoms with Crippen LogP contribution >= 0.6 is 0 Å². The molecule has 0 atom stereocenters. The van der Waals surface area contributed by atoms with E-state index in [9.17, 15) is 8.42 Å². The molecular formula is C12H18N2O4S. The Balaban J connectivity index is 2.47. The van der Waals surface area contributed by atoms with Crippen molar-refractivity contribution in [3.05, 3.63) is 12.4 Å². The number of pyridine rings is 1. The van der Waals surface area contributed by atoms with E-state index < -0.39 is 15.6 Å². The van der Waals surface area contributed by atoms with Crippen LogP contribution in [-0.2, 0) is 10.0 Å². The third-order valence-corrected chi connectivity index (χ3v) is 3.27. The summed E-state index contributed by atoms with van der Waals surface area (Å²) < 4.78 is 34.5. The summed E-state index contributed by atoms with van der Waals surface area (Å²) in [5.74, 6) is 0.459. The number of nitrogens with two attached hydrogens (primary N) is 1. The highest BCUT2D eigenvalue weighted by atomic mass is 32.2. The van der Waals surface area contributed by atoms with Gasteiger partial charge in [-0.05, 0) is 33.6 Å². The van der Waals surface area contributed by atoms with Crippen molar-refractivity contribution in [2.24, 2.45) is 5.14 Å². The van der Waals surface area contributed by atoms with Gasteiger partial charge in [0, 0.05) is 0 Å². The summed E-state index contributed by atoms with van der Waals surface area (Å²) in [6, 6.07) is 0. The van der Waals surface area contributed by atoms with Crippen LogP contribution in [-0.4, -0.2) is 25.1 Å². The Bertz CT molecular complexity index is 574. The molecule has 1 aliphatic rings. The average Bonchev–Trinajstić information content (AvgIpc) is 3.00. The minimum Gasteiger partial charge on any atom is -0.485 e. The Hall–Kier alpha value is -1.34. The molecule has 1 heterocycles. The van der Waals surface area contributed by atoms with Crippen LogP contribution in [0.2, 0.25) is 0 Å². The van der Waals surface area contributed by atoms with Gasteiger partial charge in [-0.25, -0.2) is 13.6 Å². The van der Waals surface area contributed by atoms with Crippen LogP contribution < -0.4 is 14.6 Å². The molecule has 1 aromatic heterocycles. The highest BCUT2D eigenvalue weighted by Gasteiger charge is 2.29. The van der Waals surface area contributed by atoms with Gasteiger partial charge in [0.2, 0.25) is 10.0 Å². The molecule has 1 saturated carbocycles. The predicted octanol–water partition coefficient (Wildman–Crippen LogP) is 1.45. The Labute approximate surface area is 113 Å². The van der Waals surface area contributed by atoms with Crippen LogP contribution in [0.4, 0.5) is 0 Å². The van der Waals surface area contributed by atoms with E-state index in [1.54, 1.807) is 0 Å². The molecule has 0 amide bonds. The first-order chi connectivity index (χ1) is 8.67. The molecule has 0 aliphatic heterocycles. The van der Waals surface area contributed by atoms with Crippen molar-refractivity contribution in [2.75, 3.05) is 0 Å². The Morgan fingerprint density at radius 2 is 1.95 bits per heavy atom. The predicted molar refractivity (Wildman–Crippen MR) is 69.6 cm³/mol. The lowest BCUT2D eigenvalue weighted by Crippen LogP contribution is -2.26. The Morgan fingerprint density at radius 3 is 2.42 bits per heavy atom. The molecule has 0 radical (unpaired) electrons. The molecule has 1 aliphatic carbocycles. The van der Waals surface area contributed by atoms with Crippen molar-refractivity contribution in [1.82, 2.24) is 4.98 Å². The molecule has 0 unspecified atom stereocenters. The molecule has 7 heteroatoms. The van der Waals surface area contributed by atoms with E-state index in [4.69, 9.17) is 14.6 Å². The van der Waals surface area contributed by atoms with E-state index in [0.29, 0.717) is 5.75 Å². The fourth-order valence-corrected chi connectivity index (χ4v) is 2.08. The zero-order valence-corrected chi connectivity index (χ0v) is 12.0. The van der Waals surface area contributed by atoms with Crippen molar-refractivity contribution in [3.8, 4) is 11.5 Å². The molecule has 1 aromatic rings. The van der Waals surface area contributed by atoms with Gasteiger partial charge in [0.25, 0.3) is 0 Å². The second-order valence-electron chi connectivity index (χ2n) is 5.54. The summed E-state index contributed by atoms with van der Waals surface area (Å²) in [7, 11) is -3.91. The topological polar surface area (TPSA) is 91.5 Å². The van der Waals surface area contributed by atoms with Crippen LogP contribution in [0.25, 0.3) is 0 Å². The first kappa shape index (κ1) is 14.1. The number of rotatable bonds is 4. The van der Waals surface area contributed by atoms with Crippen molar-refractivity contribution < 1.29 is 17.9 Å². The average molecular weight is 286 g/mol. The van der Waals surface area contributed by atoms with Gasteiger partial charge in [-0.1, -0.05) is 0 Å². The Kier molecular flexibility index (Phi) is 3.44. The lowest BCUT2D eigenvalue weighted by molar-refractivity contribution is 0.117. The summed E-state index contributed by atoms with van der Waals surface area (Å²) in [5.41, 5.74) is -0.567. The number of sulfonamides is 1. The maximum Gasteiger partial charge on any atom is 0.243 e. The van der Waals surface area contributed by atoms with Gasteiger partial charge in [-0.3, -0.25) is 4.98 Å². The molecule has 6 nitrogen and oxygen atoms in total. The minimum absolute atomic E-state index is 0.111. The maximum atomic E-state index is 11.6. The summed E-state index contributed by atoms with van der Waals surface area (Å²) in [4.78, 5) is 3.71. The summed E-state index contributed by atoms with van der Waals surface area (Å²) in [6.07, 6.45) is 4.65. The van der Waals surface area contributed by atoms with E-state index in [2.05, 4.69) is 4.98 Å². The van der Waals surface area contributed by atoms with Gasteiger partial charge >= 0.3 is 0 Å². The molecule has 0 bridgehead atoms. The normalized spacial score (nSPS) is 16.2. The van der Waals surface area contributed by atoms with E-state index in [1.807, 2.05) is 20.8 Å². The van der Waals surface area contributed by atoms with Crippen LogP contribution in [0.5, 0.6) is 11.5 Å². The molecule has 2 N–H and O–H groups in total. The van der Waals surface area contributed by atoms with Crippen molar-refractivity contribution in [2.45, 2.75) is 50.2 Å². The van der Waals surface area contributed by atoms with Gasteiger partial charge in [0.05, 0.1) is 18.5 Å². The summed E-state index contributed by atoms with van der Waals surface area (Å²) >= 11 is 0. The molecule has 1 fully saturated rings. The van der Waals surface area contributed by atoms with Crippen molar-refractivity contribution >= 4 is 10.0 Å². The Morgan fingerprint density at radius 1 is 1.32 bits per heavy atom. The smallest absolute Gasteiger partial charge is 0.243 e. The van der Waals surface area contributed by atoms with Gasteiger partial charge in [0.15, 0.2) is 11.5 Å². The van der Waals surface area contributed by atoms with E-state index in [1.165, 1.54) is 12.4 Å². The van der Waals surface area contributed by atoms with Crippen LogP contribution in [0.1, 0.15) is 33.6 Å². The molecule has 2 rings (SSSR count). The first-order valence-corrected chi connectivity index (χ1v) is 7.58. The fourth-order valence-electron chi connectivity index (χ4n) is 1.47. The highest BCUT2D eigenvalue weighted by molar-refractivity contribution is 7.89. The highest BCUT2D eigenvalue weighted by Crippen LogP contribution is 2.38. The molecule has 0 saturated heterocycles. The SMILES string of the molecule is CC(C)(C)Oc1c(OC2CC2)cncc1S(N)(=O)=O. The monoisotopic (exact) mass is 286 g/mol. The molecular weight excluding hydrogens is 268 g/mol. The number of hydrogen-bond acceptors (Lipinski definition) is 5. The van der Waals surface area contributed by atoms with Crippen LogP contribution in [0, 0.1) is 0 Å². The minimum atomic E-state index is -3.91. The fraction of sp³-hybridized carbons (Fsp3) is 0.583. The summed E-state index contributed by atoms with van der Waals surface area (Å²) in [5, 5.41) is 5.19. The first-order valence-electron chi connectivity index (χ1n) is 6.03. The third-order valence-electron chi connectivity index (χ3n) is 2.36. The molecule has 0 spiro atoms. The quantitative estimate of drug-likeness (QED) is 0.904. The number of aromatic nitrogens is 1. The van der Waals surface area contributed by atoms with Crippen molar-refractivity contribution in [1.29, 1.82) is 0 Å². The van der Waals surface area contributed by atoms with Gasteiger partial charge < -0.3 is 9.47 Å². The number of nitrogens with zero attached hydrogens (tertiary/aromatic N) is 1. The van der Waals surface area contributed by atoms with Gasteiger partial charge in [0.1, 0.15) is 10.5 Å². The number of ether oxygens (including phenoxy) is 2. The van der Waals surface area contributed by atoms with Gasteiger partial charge in [-0.2, -0.15) is 0 Å². The molecule has 0 aromatic carbocycles. The summed E-state index contributed by atoms with van der Waals surface area (Å²) in [6.45, 7) is 5.46.